The van der Waals surface area contributed by atoms with Crippen LogP contribution in [0.1, 0.15) is 16.1 Å². The second-order valence-electron chi connectivity index (χ2n) is 7.34. The van der Waals surface area contributed by atoms with E-state index in [1.165, 1.54) is 4.68 Å². The number of benzene rings is 3. The molecule has 0 saturated carbocycles. The van der Waals surface area contributed by atoms with Gasteiger partial charge in [-0.2, -0.15) is 9.78 Å². The van der Waals surface area contributed by atoms with Gasteiger partial charge < -0.3 is 9.67 Å². The van der Waals surface area contributed by atoms with E-state index >= 15 is 0 Å². The van der Waals surface area contributed by atoms with E-state index in [1.54, 1.807) is 42.6 Å². The molecule has 0 aliphatic carbocycles. The third kappa shape index (κ3) is 3.83. The van der Waals surface area contributed by atoms with Crippen molar-refractivity contribution in [1.29, 1.82) is 0 Å². The van der Waals surface area contributed by atoms with Crippen LogP contribution in [0.3, 0.4) is 0 Å². The lowest BCUT2D eigenvalue weighted by Crippen LogP contribution is -2.20. The number of para-hydroxylation sites is 1. The van der Waals surface area contributed by atoms with E-state index in [-0.39, 0.29) is 11.1 Å². The summed E-state index contributed by atoms with van der Waals surface area (Å²) < 4.78 is 3.17. The average Bonchev–Trinajstić information content (AvgIpc) is 3.32. The third-order valence-electron chi connectivity index (χ3n) is 5.26. The van der Waals surface area contributed by atoms with Crippen molar-refractivity contribution >= 4 is 23.1 Å². The first kappa shape index (κ1) is 20.1. The summed E-state index contributed by atoms with van der Waals surface area (Å²) in [5.41, 5.74) is 2.82. The Morgan fingerprint density at radius 2 is 1.61 bits per heavy atom. The predicted octanol–water partition coefficient (Wildman–Crippen LogP) is 4.43. The molecule has 33 heavy (non-hydrogen) atoms. The van der Waals surface area contributed by atoms with E-state index in [0.717, 1.165) is 16.9 Å². The second kappa shape index (κ2) is 8.39. The zero-order chi connectivity index (χ0) is 22.8. The van der Waals surface area contributed by atoms with E-state index in [4.69, 9.17) is 10.1 Å². The maximum absolute atomic E-state index is 13.3. The van der Waals surface area contributed by atoms with E-state index in [1.807, 2.05) is 65.4 Å². The van der Waals surface area contributed by atoms with Crippen LogP contribution in [-0.4, -0.2) is 31.5 Å². The van der Waals surface area contributed by atoms with Crippen LogP contribution in [0.2, 0.25) is 0 Å². The van der Waals surface area contributed by atoms with Crippen molar-refractivity contribution in [2.45, 2.75) is 0 Å². The summed E-state index contributed by atoms with van der Waals surface area (Å²) in [6, 6.07) is 26.9. The van der Waals surface area contributed by atoms with Crippen molar-refractivity contribution < 1.29 is 9.90 Å². The van der Waals surface area contributed by atoms with Crippen molar-refractivity contribution in [3.63, 3.8) is 0 Å². The Balaban J connectivity index is 1.61. The highest BCUT2D eigenvalue weighted by Gasteiger charge is 2.12. The molecule has 5 aromatic rings. The van der Waals surface area contributed by atoms with Crippen LogP contribution >= 0.6 is 0 Å². The van der Waals surface area contributed by atoms with Gasteiger partial charge in [-0.1, -0.05) is 42.5 Å². The Labute approximate surface area is 188 Å². The molecular formula is C26H18N4O3. The largest absolute Gasteiger partial charge is 0.478 e. The van der Waals surface area contributed by atoms with Gasteiger partial charge in [0.05, 0.1) is 28.4 Å². The Morgan fingerprint density at radius 3 is 2.36 bits per heavy atom. The molecule has 7 nitrogen and oxygen atoms in total. The Bertz CT molecular complexity index is 1550. The van der Waals surface area contributed by atoms with Crippen molar-refractivity contribution in [2.24, 2.45) is 5.10 Å². The summed E-state index contributed by atoms with van der Waals surface area (Å²) in [5.74, 6) is -0.535. The van der Waals surface area contributed by atoms with Gasteiger partial charge in [-0.3, -0.25) is 4.79 Å². The van der Waals surface area contributed by atoms with Crippen molar-refractivity contribution in [2.75, 3.05) is 0 Å². The zero-order valence-electron chi connectivity index (χ0n) is 17.4. The molecule has 0 atom stereocenters. The molecule has 160 valence electrons. The van der Waals surface area contributed by atoms with Gasteiger partial charge in [-0.25, -0.2) is 9.78 Å². The molecule has 0 fully saturated rings. The SMILES string of the molecule is O=C(O)c1ccc(-n2cccc2C=Nn2c(-c3ccccc3)nc3ccccc3c2=O)cc1. The van der Waals surface area contributed by atoms with Gasteiger partial charge in [0.2, 0.25) is 0 Å². The molecule has 1 N–H and O–H groups in total. The van der Waals surface area contributed by atoms with Crippen molar-refractivity contribution in [3.05, 3.63) is 119 Å². The zero-order valence-corrected chi connectivity index (χ0v) is 17.4. The van der Waals surface area contributed by atoms with Crippen LogP contribution < -0.4 is 5.56 Å². The smallest absolute Gasteiger partial charge is 0.335 e. The number of aromatic nitrogens is 3. The molecule has 0 radical (unpaired) electrons. The number of hydrogen-bond acceptors (Lipinski definition) is 4. The lowest BCUT2D eigenvalue weighted by Gasteiger charge is -2.10. The summed E-state index contributed by atoms with van der Waals surface area (Å²) in [7, 11) is 0. The molecule has 2 aromatic heterocycles. The lowest BCUT2D eigenvalue weighted by atomic mass is 10.2. The molecule has 0 spiro atoms. The van der Waals surface area contributed by atoms with Gasteiger partial charge in [0.15, 0.2) is 5.82 Å². The van der Waals surface area contributed by atoms with Gasteiger partial charge in [0, 0.05) is 17.4 Å². The van der Waals surface area contributed by atoms with Crippen LogP contribution in [0.25, 0.3) is 28.0 Å². The first-order valence-electron chi connectivity index (χ1n) is 10.2. The number of carboxylic acid groups (broad SMARTS) is 1. The monoisotopic (exact) mass is 434 g/mol. The highest BCUT2D eigenvalue weighted by atomic mass is 16.4. The molecule has 3 aromatic carbocycles. The quantitative estimate of drug-likeness (QED) is 0.414. The highest BCUT2D eigenvalue weighted by molar-refractivity contribution is 5.88. The number of fused-ring (bicyclic) bond motifs is 1. The van der Waals surface area contributed by atoms with Gasteiger partial charge in [-0.15, -0.1) is 0 Å². The highest BCUT2D eigenvalue weighted by Crippen LogP contribution is 2.19. The maximum atomic E-state index is 13.3. The van der Waals surface area contributed by atoms with E-state index in [0.29, 0.717) is 16.7 Å². The third-order valence-corrected chi connectivity index (χ3v) is 5.26. The maximum Gasteiger partial charge on any atom is 0.335 e. The Hall–Kier alpha value is -4.78. The number of carboxylic acids is 1. The van der Waals surface area contributed by atoms with Crippen molar-refractivity contribution in [3.8, 4) is 17.1 Å². The Morgan fingerprint density at radius 1 is 0.879 bits per heavy atom. The van der Waals surface area contributed by atoms with Crippen LogP contribution in [0, 0.1) is 0 Å². The predicted molar refractivity (Wildman–Crippen MR) is 127 cm³/mol. The van der Waals surface area contributed by atoms with Crippen LogP contribution in [-0.2, 0) is 0 Å². The summed E-state index contributed by atoms with van der Waals surface area (Å²) in [5, 5.41) is 14.1. The molecule has 0 unspecified atom stereocenters. The van der Waals surface area contributed by atoms with Gasteiger partial charge in [0.1, 0.15) is 0 Å². The van der Waals surface area contributed by atoms with Gasteiger partial charge in [-0.05, 0) is 48.5 Å². The number of hydrogen-bond donors (Lipinski definition) is 1. The molecule has 0 aliphatic heterocycles. The molecule has 2 heterocycles. The summed E-state index contributed by atoms with van der Waals surface area (Å²) in [6.45, 7) is 0. The fourth-order valence-electron chi connectivity index (χ4n) is 3.62. The van der Waals surface area contributed by atoms with E-state index in [9.17, 15) is 9.59 Å². The molecule has 0 aliphatic rings. The van der Waals surface area contributed by atoms with Crippen molar-refractivity contribution in [1.82, 2.24) is 14.2 Å². The molecule has 7 heteroatoms. The Kier molecular flexibility index (Phi) is 5.12. The average molecular weight is 434 g/mol. The minimum atomic E-state index is -0.979. The van der Waals surface area contributed by atoms with E-state index < -0.39 is 5.97 Å². The van der Waals surface area contributed by atoms with Crippen LogP contribution in [0.4, 0.5) is 0 Å². The first-order valence-corrected chi connectivity index (χ1v) is 10.2. The molecular weight excluding hydrogens is 416 g/mol. The number of rotatable bonds is 5. The minimum Gasteiger partial charge on any atom is -0.478 e. The fourth-order valence-corrected chi connectivity index (χ4v) is 3.62. The number of aromatic carboxylic acids is 1. The first-order chi connectivity index (χ1) is 16.1. The van der Waals surface area contributed by atoms with Gasteiger partial charge in [0.25, 0.3) is 5.56 Å². The minimum absolute atomic E-state index is 0.211. The second-order valence-corrected chi connectivity index (χ2v) is 7.34. The summed E-state index contributed by atoms with van der Waals surface area (Å²) in [4.78, 5) is 29.1. The standard InChI is InChI=1S/C26H18N4O3/c31-25-22-10-4-5-11-23(22)28-24(18-7-2-1-3-8-18)30(25)27-17-21-9-6-16-29(21)20-14-12-19(13-15-20)26(32)33/h1-17H,(H,32,33). The lowest BCUT2D eigenvalue weighted by molar-refractivity contribution is 0.0697. The normalized spacial score (nSPS) is 11.3. The number of nitrogens with zero attached hydrogens (tertiary/aromatic N) is 4. The van der Waals surface area contributed by atoms with Crippen LogP contribution in [0.5, 0.6) is 0 Å². The summed E-state index contributed by atoms with van der Waals surface area (Å²) >= 11 is 0. The van der Waals surface area contributed by atoms with Crippen LogP contribution in [0.15, 0.2) is 107 Å². The van der Waals surface area contributed by atoms with Gasteiger partial charge >= 0.3 is 5.97 Å². The molecule has 0 amide bonds. The molecule has 0 saturated heterocycles. The summed E-state index contributed by atoms with van der Waals surface area (Å²) in [6.07, 6.45) is 3.44. The topological polar surface area (TPSA) is 89.5 Å². The molecule has 5 rings (SSSR count). The fraction of sp³-hybridized carbons (Fsp3) is 0. The van der Waals surface area contributed by atoms with E-state index in [2.05, 4.69) is 5.10 Å². The molecule has 0 bridgehead atoms. The number of carbonyl (C=O) groups is 1.